The second-order valence-electron chi connectivity index (χ2n) is 5.84. The molecule has 0 saturated carbocycles. The Kier molecular flexibility index (Phi) is 2.66. The first-order valence-corrected chi connectivity index (χ1v) is 7.21. The van der Waals surface area contributed by atoms with E-state index in [0.717, 1.165) is 11.3 Å². The lowest BCUT2D eigenvalue weighted by Gasteiger charge is -2.50. The summed E-state index contributed by atoms with van der Waals surface area (Å²) in [6.07, 6.45) is 0.603. The molecule has 2 aliphatic heterocycles. The molecule has 0 spiro atoms. The number of urea groups is 1. The van der Waals surface area contributed by atoms with Gasteiger partial charge in [0.05, 0.1) is 11.7 Å². The second kappa shape index (κ2) is 4.47. The van der Waals surface area contributed by atoms with Crippen LogP contribution in [-0.4, -0.2) is 11.8 Å². The summed E-state index contributed by atoms with van der Waals surface area (Å²) >= 11 is 0. The van der Waals surface area contributed by atoms with Crippen molar-refractivity contribution in [3.63, 3.8) is 0 Å². The number of anilines is 1. The van der Waals surface area contributed by atoms with Crippen molar-refractivity contribution in [2.45, 2.75) is 25.1 Å². The van der Waals surface area contributed by atoms with Gasteiger partial charge in [0.15, 0.2) is 5.72 Å². The summed E-state index contributed by atoms with van der Waals surface area (Å²) in [5, 5.41) is 2.98. The molecule has 2 atom stereocenters. The Bertz CT molecular complexity index is 764. The average molecular weight is 298 g/mol. The molecule has 0 aromatic heterocycles. The third-order valence-corrected chi connectivity index (χ3v) is 4.25. The van der Waals surface area contributed by atoms with Gasteiger partial charge >= 0.3 is 6.03 Å². The topological polar surface area (TPSA) is 41.6 Å². The number of benzene rings is 2. The van der Waals surface area contributed by atoms with Crippen LogP contribution in [0.1, 0.15) is 24.9 Å². The lowest BCUT2D eigenvalue weighted by atomic mass is 9.90. The van der Waals surface area contributed by atoms with Crippen LogP contribution >= 0.6 is 0 Å². The smallest absolute Gasteiger partial charge is 0.325 e. The zero-order valence-electron chi connectivity index (χ0n) is 12.0. The van der Waals surface area contributed by atoms with Crippen molar-refractivity contribution in [3.8, 4) is 5.75 Å². The number of fused-ring (bicyclic) bond motifs is 4. The van der Waals surface area contributed by atoms with Crippen molar-refractivity contribution >= 4 is 11.7 Å². The minimum atomic E-state index is -0.838. The van der Waals surface area contributed by atoms with Crippen molar-refractivity contribution < 1.29 is 13.9 Å². The van der Waals surface area contributed by atoms with E-state index in [9.17, 15) is 9.18 Å². The summed E-state index contributed by atoms with van der Waals surface area (Å²) in [7, 11) is 0. The number of nitrogens with one attached hydrogen (secondary N) is 1. The van der Waals surface area contributed by atoms with Crippen LogP contribution in [0.3, 0.4) is 0 Å². The van der Waals surface area contributed by atoms with Gasteiger partial charge in [0, 0.05) is 12.0 Å². The molecular weight excluding hydrogens is 283 g/mol. The molecule has 0 radical (unpaired) electrons. The van der Waals surface area contributed by atoms with Gasteiger partial charge in [-0.3, -0.25) is 4.90 Å². The number of carbonyl (C=O) groups excluding carboxylic acids is 1. The van der Waals surface area contributed by atoms with Crippen LogP contribution in [-0.2, 0) is 0 Å². The van der Waals surface area contributed by atoms with E-state index in [0.29, 0.717) is 12.1 Å². The molecule has 0 aliphatic carbocycles. The first-order valence-electron chi connectivity index (χ1n) is 7.21. The molecule has 2 bridgehead atoms. The van der Waals surface area contributed by atoms with Crippen molar-refractivity contribution in [2.24, 2.45) is 0 Å². The van der Waals surface area contributed by atoms with Gasteiger partial charge in [-0.25, -0.2) is 9.18 Å². The van der Waals surface area contributed by atoms with Gasteiger partial charge in [0.25, 0.3) is 0 Å². The van der Waals surface area contributed by atoms with Crippen molar-refractivity contribution in [3.05, 3.63) is 59.9 Å². The third kappa shape index (κ3) is 1.85. The molecule has 4 rings (SSSR count). The number of ether oxygens (including phenoxy) is 1. The zero-order chi connectivity index (χ0) is 15.3. The summed E-state index contributed by atoms with van der Waals surface area (Å²) in [6.45, 7) is 1.86. The summed E-state index contributed by atoms with van der Waals surface area (Å²) in [5.41, 5.74) is 0.625. The van der Waals surface area contributed by atoms with E-state index < -0.39 is 5.72 Å². The van der Waals surface area contributed by atoms with Gasteiger partial charge in [-0.2, -0.15) is 0 Å². The summed E-state index contributed by atoms with van der Waals surface area (Å²) in [4.78, 5) is 14.0. The molecule has 22 heavy (non-hydrogen) atoms. The molecule has 2 aromatic carbocycles. The number of carbonyl (C=O) groups is 1. The SMILES string of the molecule is CC12CC(NC(=O)N1c1cccc(F)c1)c1ccccc1O2. The number of hydrogen-bond donors (Lipinski definition) is 1. The molecule has 2 aromatic rings. The molecular formula is C17H15FN2O2. The van der Waals surface area contributed by atoms with Crippen molar-refractivity contribution in [1.29, 1.82) is 0 Å². The average Bonchev–Trinajstić information content (AvgIpc) is 2.46. The van der Waals surface area contributed by atoms with Crippen LogP contribution in [0.5, 0.6) is 5.75 Å². The van der Waals surface area contributed by atoms with Crippen LogP contribution in [0.25, 0.3) is 0 Å². The standard InChI is InChI=1S/C17H15FN2O2/c1-17-10-14(13-7-2-3-8-15(13)22-17)19-16(21)20(17)12-6-4-5-11(18)9-12/h2-9,14H,10H2,1H3,(H,19,21). The first kappa shape index (κ1) is 13.1. The monoisotopic (exact) mass is 298 g/mol. The van der Waals surface area contributed by atoms with Gasteiger partial charge in [-0.05, 0) is 31.2 Å². The van der Waals surface area contributed by atoms with Gasteiger partial charge in [-0.1, -0.05) is 24.3 Å². The predicted octanol–water partition coefficient (Wildman–Crippen LogP) is 3.60. The summed E-state index contributed by atoms with van der Waals surface area (Å²) in [5.74, 6) is 0.370. The van der Waals surface area contributed by atoms with E-state index in [4.69, 9.17) is 4.74 Å². The van der Waals surface area contributed by atoms with E-state index in [1.807, 2.05) is 31.2 Å². The Labute approximate surface area is 127 Å². The van der Waals surface area contributed by atoms with Crippen molar-refractivity contribution in [1.82, 2.24) is 5.32 Å². The molecule has 5 heteroatoms. The van der Waals surface area contributed by atoms with Crippen LogP contribution in [0, 0.1) is 5.82 Å². The maximum atomic E-state index is 13.5. The van der Waals surface area contributed by atoms with E-state index >= 15 is 0 Å². The highest BCUT2D eigenvalue weighted by Gasteiger charge is 2.49. The molecule has 112 valence electrons. The molecule has 2 unspecified atom stereocenters. The fourth-order valence-electron chi connectivity index (χ4n) is 3.33. The van der Waals surface area contributed by atoms with Gasteiger partial charge < -0.3 is 10.1 Å². The largest absolute Gasteiger partial charge is 0.467 e. The van der Waals surface area contributed by atoms with Crippen LogP contribution < -0.4 is 15.0 Å². The normalized spacial score (nSPS) is 26.0. The highest BCUT2D eigenvalue weighted by molar-refractivity contribution is 5.94. The van der Waals surface area contributed by atoms with E-state index in [1.165, 1.54) is 17.0 Å². The maximum absolute atomic E-state index is 13.5. The summed E-state index contributed by atoms with van der Waals surface area (Å²) < 4.78 is 19.6. The molecule has 2 amide bonds. The van der Waals surface area contributed by atoms with E-state index in [1.54, 1.807) is 12.1 Å². The van der Waals surface area contributed by atoms with Crippen LogP contribution in [0.4, 0.5) is 14.9 Å². The highest BCUT2D eigenvalue weighted by atomic mass is 19.1. The number of hydrogen-bond acceptors (Lipinski definition) is 2. The number of halogens is 1. The maximum Gasteiger partial charge on any atom is 0.325 e. The number of para-hydroxylation sites is 1. The third-order valence-electron chi connectivity index (χ3n) is 4.25. The van der Waals surface area contributed by atoms with Gasteiger partial charge in [-0.15, -0.1) is 0 Å². The Morgan fingerprint density at radius 3 is 2.91 bits per heavy atom. The summed E-state index contributed by atoms with van der Waals surface area (Å²) in [6, 6.07) is 13.3. The molecule has 2 aliphatic rings. The van der Waals surface area contributed by atoms with Crippen LogP contribution in [0.2, 0.25) is 0 Å². The van der Waals surface area contributed by atoms with Gasteiger partial charge in [0.1, 0.15) is 11.6 Å². The minimum Gasteiger partial charge on any atom is -0.467 e. The Morgan fingerprint density at radius 2 is 2.09 bits per heavy atom. The zero-order valence-corrected chi connectivity index (χ0v) is 12.0. The first-order chi connectivity index (χ1) is 10.6. The minimum absolute atomic E-state index is 0.0905. The van der Waals surface area contributed by atoms with Crippen molar-refractivity contribution in [2.75, 3.05) is 4.90 Å². The van der Waals surface area contributed by atoms with E-state index in [2.05, 4.69) is 5.32 Å². The number of nitrogens with zero attached hydrogens (tertiary/aromatic N) is 1. The lowest BCUT2D eigenvalue weighted by molar-refractivity contribution is 0.0378. The second-order valence-corrected chi connectivity index (χ2v) is 5.84. The molecule has 1 saturated heterocycles. The Balaban J connectivity index is 1.82. The van der Waals surface area contributed by atoms with Crippen LogP contribution in [0.15, 0.2) is 48.5 Å². The molecule has 4 nitrogen and oxygen atoms in total. The van der Waals surface area contributed by atoms with Gasteiger partial charge in [0.2, 0.25) is 0 Å². The Hall–Kier alpha value is -2.56. The molecule has 2 heterocycles. The lowest BCUT2D eigenvalue weighted by Crippen LogP contribution is -2.65. The number of amides is 2. The Morgan fingerprint density at radius 1 is 1.27 bits per heavy atom. The quantitative estimate of drug-likeness (QED) is 0.874. The molecule has 1 fully saturated rings. The fraction of sp³-hybridized carbons (Fsp3) is 0.235. The number of rotatable bonds is 1. The highest BCUT2D eigenvalue weighted by Crippen LogP contribution is 2.45. The molecule has 1 N–H and O–H groups in total. The predicted molar refractivity (Wildman–Crippen MR) is 80.2 cm³/mol. The fourth-order valence-corrected chi connectivity index (χ4v) is 3.33. The van der Waals surface area contributed by atoms with E-state index in [-0.39, 0.29) is 17.9 Å².